The number of nitrogens with zero attached hydrogens (tertiary/aromatic N) is 1. The summed E-state index contributed by atoms with van der Waals surface area (Å²) < 4.78 is 5.09. The number of benzene rings is 1. The first-order chi connectivity index (χ1) is 10.7. The monoisotopic (exact) mass is 298 g/mol. The van der Waals surface area contributed by atoms with Crippen LogP contribution in [0, 0.1) is 11.8 Å². The van der Waals surface area contributed by atoms with E-state index in [0.29, 0.717) is 12.0 Å². The SMILES string of the molecule is CCC1CC(C(=O)OC)C2=Nc3ccccc3C23CCNC13. The Morgan fingerprint density at radius 3 is 3.05 bits per heavy atom. The summed E-state index contributed by atoms with van der Waals surface area (Å²) in [5.74, 6) is 0.157. The van der Waals surface area contributed by atoms with Crippen LogP contribution in [0.5, 0.6) is 0 Å². The minimum atomic E-state index is -0.196. The predicted molar refractivity (Wildman–Crippen MR) is 85.5 cm³/mol. The Morgan fingerprint density at radius 1 is 1.45 bits per heavy atom. The Balaban J connectivity index is 1.90. The lowest BCUT2D eigenvalue weighted by Gasteiger charge is -2.45. The van der Waals surface area contributed by atoms with Crippen LogP contribution in [0.1, 0.15) is 31.7 Å². The number of aliphatic imine (C=N–C) groups is 1. The van der Waals surface area contributed by atoms with Gasteiger partial charge in [-0.05, 0) is 36.9 Å². The third-order valence-corrected chi connectivity index (χ3v) is 5.85. The van der Waals surface area contributed by atoms with Gasteiger partial charge in [-0.2, -0.15) is 0 Å². The van der Waals surface area contributed by atoms with Crippen molar-refractivity contribution in [3.8, 4) is 0 Å². The van der Waals surface area contributed by atoms with Gasteiger partial charge in [0.05, 0.1) is 24.1 Å². The summed E-state index contributed by atoms with van der Waals surface area (Å²) in [6, 6.07) is 8.77. The summed E-state index contributed by atoms with van der Waals surface area (Å²) in [4.78, 5) is 17.3. The first-order valence-electron chi connectivity index (χ1n) is 8.22. The van der Waals surface area contributed by atoms with Gasteiger partial charge >= 0.3 is 5.97 Å². The number of hydrogen-bond donors (Lipinski definition) is 1. The van der Waals surface area contributed by atoms with Crippen molar-refractivity contribution >= 4 is 17.4 Å². The highest BCUT2D eigenvalue weighted by molar-refractivity contribution is 6.13. The van der Waals surface area contributed by atoms with Crippen LogP contribution in [0.4, 0.5) is 5.69 Å². The molecular formula is C18H22N2O2. The first kappa shape index (κ1) is 13.9. The third kappa shape index (κ3) is 1.62. The molecule has 4 nitrogen and oxygen atoms in total. The summed E-state index contributed by atoms with van der Waals surface area (Å²) in [6.07, 6.45) is 2.94. The molecule has 2 aliphatic heterocycles. The third-order valence-electron chi connectivity index (χ3n) is 5.85. The van der Waals surface area contributed by atoms with Crippen molar-refractivity contribution in [1.82, 2.24) is 5.32 Å². The molecule has 1 saturated carbocycles. The minimum absolute atomic E-state index is 0.103. The molecule has 0 radical (unpaired) electrons. The second kappa shape index (κ2) is 4.92. The van der Waals surface area contributed by atoms with Crippen molar-refractivity contribution in [2.75, 3.05) is 13.7 Å². The maximum atomic E-state index is 12.4. The lowest BCUT2D eigenvalue weighted by molar-refractivity contribution is -0.144. The molecular weight excluding hydrogens is 276 g/mol. The van der Waals surface area contributed by atoms with E-state index in [4.69, 9.17) is 9.73 Å². The van der Waals surface area contributed by atoms with E-state index in [2.05, 4.69) is 30.4 Å². The number of para-hydroxylation sites is 1. The number of rotatable bonds is 2. The van der Waals surface area contributed by atoms with Crippen molar-refractivity contribution in [3.63, 3.8) is 0 Å². The molecule has 0 amide bonds. The molecule has 2 fully saturated rings. The van der Waals surface area contributed by atoms with E-state index in [-0.39, 0.29) is 17.3 Å². The van der Waals surface area contributed by atoms with Gasteiger partial charge in [0.15, 0.2) is 0 Å². The minimum Gasteiger partial charge on any atom is -0.469 e. The van der Waals surface area contributed by atoms with E-state index in [9.17, 15) is 4.79 Å². The van der Waals surface area contributed by atoms with Gasteiger partial charge in [-0.3, -0.25) is 9.79 Å². The normalized spacial score (nSPS) is 35.4. The topological polar surface area (TPSA) is 50.7 Å². The number of hydrogen-bond acceptors (Lipinski definition) is 4. The molecule has 4 atom stereocenters. The van der Waals surface area contributed by atoms with Gasteiger partial charge in [0.2, 0.25) is 0 Å². The molecule has 4 rings (SSSR count). The van der Waals surface area contributed by atoms with Crippen molar-refractivity contribution in [1.29, 1.82) is 0 Å². The Morgan fingerprint density at radius 2 is 2.27 bits per heavy atom. The standard InChI is InChI=1S/C18H22N2O2/c1-3-11-10-12(17(21)22-2)16-18(8-9-19-15(11)18)13-6-4-5-7-14(13)20-16/h4-7,11-12,15,19H,3,8-10H2,1-2H3. The van der Waals surface area contributed by atoms with Gasteiger partial charge < -0.3 is 10.1 Å². The number of nitrogens with one attached hydrogen (secondary N) is 1. The van der Waals surface area contributed by atoms with Crippen LogP contribution in [0.15, 0.2) is 29.3 Å². The lowest BCUT2D eigenvalue weighted by Crippen LogP contribution is -2.57. The van der Waals surface area contributed by atoms with Crippen molar-refractivity contribution in [2.45, 2.75) is 37.6 Å². The van der Waals surface area contributed by atoms with Crippen molar-refractivity contribution < 1.29 is 9.53 Å². The summed E-state index contributed by atoms with van der Waals surface area (Å²) in [7, 11) is 1.48. The summed E-state index contributed by atoms with van der Waals surface area (Å²) in [5, 5.41) is 3.71. The molecule has 116 valence electrons. The van der Waals surface area contributed by atoms with Crippen molar-refractivity contribution in [3.05, 3.63) is 29.8 Å². The van der Waals surface area contributed by atoms with Crippen molar-refractivity contribution in [2.24, 2.45) is 16.8 Å². The van der Waals surface area contributed by atoms with E-state index < -0.39 is 0 Å². The zero-order valence-electron chi connectivity index (χ0n) is 13.1. The molecule has 4 unspecified atom stereocenters. The maximum Gasteiger partial charge on any atom is 0.314 e. The van der Waals surface area contributed by atoms with Crippen LogP contribution >= 0.6 is 0 Å². The number of ether oxygens (including phenoxy) is 1. The fourth-order valence-corrected chi connectivity index (χ4v) is 4.92. The summed E-state index contributed by atoms with van der Waals surface area (Å²) >= 11 is 0. The first-order valence-corrected chi connectivity index (χ1v) is 8.22. The van der Waals surface area contributed by atoms with E-state index in [0.717, 1.165) is 37.2 Å². The van der Waals surface area contributed by atoms with E-state index in [1.165, 1.54) is 12.7 Å². The van der Waals surface area contributed by atoms with Gasteiger partial charge in [-0.1, -0.05) is 31.5 Å². The van der Waals surface area contributed by atoms with Crippen LogP contribution in [-0.4, -0.2) is 31.4 Å². The molecule has 0 bridgehead atoms. The number of carbonyl (C=O) groups excluding carboxylic acids is 1. The quantitative estimate of drug-likeness (QED) is 0.854. The van der Waals surface area contributed by atoms with Crippen LogP contribution < -0.4 is 5.32 Å². The largest absolute Gasteiger partial charge is 0.469 e. The van der Waals surface area contributed by atoms with Crippen LogP contribution in [0.3, 0.4) is 0 Å². The molecule has 1 aliphatic carbocycles. The highest BCUT2D eigenvalue weighted by Crippen LogP contribution is 2.55. The van der Waals surface area contributed by atoms with Gasteiger partial charge in [-0.15, -0.1) is 0 Å². The van der Waals surface area contributed by atoms with Gasteiger partial charge in [0, 0.05) is 11.8 Å². The number of methoxy groups -OCH3 is 1. The number of esters is 1. The Bertz CT molecular complexity index is 654. The smallest absolute Gasteiger partial charge is 0.314 e. The van der Waals surface area contributed by atoms with Crippen LogP contribution in [0.25, 0.3) is 0 Å². The Hall–Kier alpha value is -1.68. The zero-order chi connectivity index (χ0) is 15.3. The molecule has 1 N–H and O–H groups in total. The molecule has 1 aromatic rings. The maximum absolute atomic E-state index is 12.4. The lowest BCUT2D eigenvalue weighted by atomic mass is 9.58. The van der Waals surface area contributed by atoms with Crippen LogP contribution in [-0.2, 0) is 14.9 Å². The molecule has 4 heteroatoms. The van der Waals surface area contributed by atoms with Gasteiger partial charge in [-0.25, -0.2) is 0 Å². The molecule has 1 spiro atoms. The second-order valence-corrected chi connectivity index (χ2v) is 6.65. The molecule has 1 aromatic carbocycles. The number of fused-ring (bicyclic) bond motifs is 1. The van der Waals surface area contributed by atoms with Gasteiger partial charge in [0.1, 0.15) is 0 Å². The average Bonchev–Trinajstić information content (AvgIpc) is 3.14. The predicted octanol–water partition coefficient (Wildman–Crippen LogP) is 2.59. The average molecular weight is 298 g/mol. The molecule has 3 aliphatic rings. The highest BCUT2D eigenvalue weighted by atomic mass is 16.5. The molecule has 0 aromatic heterocycles. The fourth-order valence-electron chi connectivity index (χ4n) is 4.92. The van der Waals surface area contributed by atoms with E-state index in [1.807, 2.05) is 6.07 Å². The fraction of sp³-hybridized carbons (Fsp3) is 0.556. The number of carbonyl (C=O) groups is 1. The molecule has 22 heavy (non-hydrogen) atoms. The van der Waals surface area contributed by atoms with E-state index in [1.54, 1.807) is 0 Å². The van der Waals surface area contributed by atoms with Crippen LogP contribution in [0.2, 0.25) is 0 Å². The Labute approximate surface area is 131 Å². The summed E-state index contributed by atoms with van der Waals surface area (Å²) in [6.45, 7) is 3.21. The van der Waals surface area contributed by atoms with E-state index >= 15 is 0 Å². The van der Waals surface area contributed by atoms with Gasteiger partial charge in [0.25, 0.3) is 0 Å². The molecule has 2 heterocycles. The Kier molecular flexibility index (Phi) is 3.12. The zero-order valence-corrected chi connectivity index (χ0v) is 13.1. The second-order valence-electron chi connectivity index (χ2n) is 6.65. The summed E-state index contributed by atoms with van der Waals surface area (Å²) in [5.41, 5.74) is 3.28. The molecule has 1 saturated heterocycles. The highest BCUT2D eigenvalue weighted by Gasteiger charge is 2.60.